The van der Waals surface area contributed by atoms with E-state index in [4.69, 9.17) is 9.47 Å². The second-order valence-corrected chi connectivity index (χ2v) is 5.02. The normalized spacial score (nSPS) is 14.4. The van der Waals surface area contributed by atoms with Crippen molar-refractivity contribution in [3.8, 4) is 5.75 Å². The van der Waals surface area contributed by atoms with Crippen LogP contribution in [0.15, 0.2) is 36.7 Å². The lowest BCUT2D eigenvalue weighted by atomic mass is 10.2. The predicted molar refractivity (Wildman–Crippen MR) is 85.0 cm³/mol. The maximum absolute atomic E-state index is 12.5. The summed E-state index contributed by atoms with van der Waals surface area (Å²) in [6, 6.07) is 9.15. The molecule has 120 valence electrons. The summed E-state index contributed by atoms with van der Waals surface area (Å²) in [7, 11) is 1.61. The maximum Gasteiger partial charge on any atom is 0.272 e. The van der Waals surface area contributed by atoms with Gasteiger partial charge in [0.1, 0.15) is 23.6 Å². The van der Waals surface area contributed by atoms with Crippen molar-refractivity contribution in [2.75, 3.05) is 38.7 Å². The molecule has 7 heteroatoms. The third-order valence-corrected chi connectivity index (χ3v) is 3.55. The minimum atomic E-state index is -0.112. The third-order valence-electron chi connectivity index (χ3n) is 3.55. The van der Waals surface area contributed by atoms with Gasteiger partial charge in [-0.3, -0.25) is 4.79 Å². The van der Waals surface area contributed by atoms with E-state index in [1.807, 2.05) is 24.3 Å². The Hall–Kier alpha value is -2.67. The van der Waals surface area contributed by atoms with E-state index in [1.54, 1.807) is 18.1 Å². The summed E-state index contributed by atoms with van der Waals surface area (Å²) in [5.74, 6) is 1.13. The SMILES string of the molecule is COc1ccccc1Nc1cc(C(=O)N2CCOCC2)ncn1. The molecule has 0 saturated carbocycles. The molecule has 2 heterocycles. The summed E-state index contributed by atoms with van der Waals surface area (Å²) in [5.41, 5.74) is 1.14. The first-order chi connectivity index (χ1) is 11.3. The van der Waals surface area contributed by atoms with Gasteiger partial charge in [0, 0.05) is 19.2 Å². The minimum absolute atomic E-state index is 0.112. The van der Waals surface area contributed by atoms with Crippen molar-refractivity contribution in [1.29, 1.82) is 0 Å². The van der Waals surface area contributed by atoms with Gasteiger partial charge in [0.2, 0.25) is 0 Å². The molecule has 1 saturated heterocycles. The monoisotopic (exact) mass is 314 g/mol. The smallest absolute Gasteiger partial charge is 0.272 e. The van der Waals surface area contributed by atoms with Crippen LogP contribution in [0.3, 0.4) is 0 Å². The molecule has 23 heavy (non-hydrogen) atoms. The van der Waals surface area contributed by atoms with E-state index in [2.05, 4.69) is 15.3 Å². The summed E-state index contributed by atoms with van der Waals surface area (Å²) >= 11 is 0. The van der Waals surface area contributed by atoms with Gasteiger partial charge in [-0.1, -0.05) is 12.1 Å². The largest absolute Gasteiger partial charge is 0.495 e. The first-order valence-corrected chi connectivity index (χ1v) is 7.37. The van der Waals surface area contributed by atoms with Gasteiger partial charge < -0.3 is 19.7 Å². The van der Waals surface area contributed by atoms with E-state index in [1.165, 1.54) is 6.33 Å². The Morgan fingerprint density at radius 1 is 1.26 bits per heavy atom. The standard InChI is InChI=1S/C16H18N4O3/c1-22-14-5-3-2-4-12(14)19-15-10-13(17-11-18-15)16(21)20-6-8-23-9-7-20/h2-5,10-11H,6-9H2,1H3,(H,17,18,19). The van der Waals surface area contributed by atoms with Crippen LogP contribution < -0.4 is 10.1 Å². The average Bonchev–Trinajstić information content (AvgIpc) is 2.62. The second kappa shape index (κ2) is 7.06. The second-order valence-electron chi connectivity index (χ2n) is 5.02. The highest BCUT2D eigenvalue weighted by Gasteiger charge is 2.20. The lowest BCUT2D eigenvalue weighted by Gasteiger charge is -2.26. The lowest BCUT2D eigenvalue weighted by Crippen LogP contribution is -2.41. The highest BCUT2D eigenvalue weighted by molar-refractivity contribution is 5.93. The van der Waals surface area contributed by atoms with Gasteiger partial charge in [-0.2, -0.15) is 0 Å². The molecule has 1 aliphatic rings. The number of morpholine rings is 1. The molecule has 0 bridgehead atoms. The van der Waals surface area contributed by atoms with Gasteiger partial charge >= 0.3 is 0 Å². The molecule has 0 spiro atoms. The number of nitrogens with one attached hydrogen (secondary N) is 1. The van der Waals surface area contributed by atoms with E-state index in [0.29, 0.717) is 43.6 Å². The molecule has 1 fully saturated rings. The number of para-hydroxylation sites is 2. The highest BCUT2D eigenvalue weighted by Crippen LogP contribution is 2.26. The molecule has 2 aromatic rings. The van der Waals surface area contributed by atoms with Gasteiger partial charge in [0.15, 0.2) is 0 Å². The fraction of sp³-hybridized carbons (Fsp3) is 0.312. The number of anilines is 2. The molecule has 3 rings (SSSR count). The zero-order valence-corrected chi connectivity index (χ0v) is 12.9. The quantitative estimate of drug-likeness (QED) is 0.925. The number of rotatable bonds is 4. The molecular weight excluding hydrogens is 296 g/mol. The van der Waals surface area contributed by atoms with E-state index >= 15 is 0 Å². The molecule has 1 aromatic carbocycles. The van der Waals surface area contributed by atoms with Crippen LogP contribution in [0.5, 0.6) is 5.75 Å². The van der Waals surface area contributed by atoms with Crippen molar-refractivity contribution in [1.82, 2.24) is 14.9 Å². The molecule has 7 nitrogen and oxygen atoms in total. The predicted octanol–water partition coefficient (Wildman–Crippen LogP) is 1.70. The van der Waals surface area contributed by atoms with Crippen LogP contribution in [0, 0.1) is 0 Å². The van der Waals surface area contributed by atoms with E-state index < -0.39 is 0 Å². The maximum atomic E-state index is 12.5. The fourth-order valence-corrected chi connectivity index (χ4v) is 2.36. The highest BCUT2D eigenvalue weighted by atomic mass is 16.5. The molecule has 0 atom stereocenters. The Kier molecular flexibility index (Phi) is 4.68. The Balaban J connectivity index is 1.78. The number of ether oxygens (including phenoxy) is 2. The summed E-state index contributed by atoms with van der Waals surface area (Å²) in [4.78, 5) is 22.4. The molecule has 1 N–H and O–H groups in total. The van der Waals surface area contributed by atoms with Crippen LogP contribution in [0.25, 0.3) is 0 Å². The Morgan fingerprint density at radius 3 is 2.83 bits per heavy atom. The van der Waals surface area contributed by atoms with Crippen molar-refractivity contribution in [3.05, 3.63) is 42.4 Å². The first kappa shape index (κ1) is 15.2. The Bertz CT molecular complexity index is 687. The summed E-state index contributed by atoms with van der Waals surface area (Å²) in [6.45, 7) is 2.28. The fourth-order valence-electron chi connectivity index (χ4n) is 2.36. The number of carbonyl (C=O) groups is 1. The number of methoxy groups -OCH3 is 1. The van der Waals surface area contributed by atoms with Crippen molar-refractivity contribution < 1.29 is 14.3 Å². The molecule has 1 aromatic heterocycles. The van der Waals surface area contributed by atoms with Crippen molar-refractivity contribution >= 4 is 17.4 Å². The van der Waals surface area contributed by atoms with Crippen LogP contribution in [-0.2, 0) is 4.74 Å². The molecule has 0 aliphatic carbocycles. The van der Waals surface area contributed by atoms with Crippen LogP contribution in [0.2, 0.25) is 0 Å². The first-order valence-electron chi connectivity index (χ1n) is 7.37. The van der Waals surface area contributed by atoms with Crippen molar-refractivity contribution in [2.45, 2.75) is 0 Å². The summed E-state index contributed by atoms with van der Waals surface area (Å²) < 4.78 is 10.6. The van der Waals surface area contributed by atoms with Gasteiger partial charge in [0.05, 0.1) is 26.0 Å². The minimum Gasteiger partial charge on any atom is -0.495 e. The van der Waals surface area contributed by atoms with Gasteiger partial charge in [0.25, 0.3) is 5.91 Å². The molecule has 1 amide bonds. The van der Waals surface area contributed by atoms with Crippen molar-refractivity contribution in [3.63, 3.8) is 0 Å². The van der Waals surface area contributed by atoms with E-state index in [9.17, 15) is 4.79 Å². The number of hydrogen-bond donors (Lipinski definition) is 1. The van der Waals surface area contributed by atoms with Crippen LogP contribution in [0.4, 0.5) is 11.5 Å². The number of benzene rings is 1. The number of aromatic nitrogens is 2. The Morgan fingerprint density at radius 2 is 2.04 bits per heavy atom. The number of amides is 1. The Labute approximate surface area is 134 Å². The topological polar surface area (TPSA) is 76.6 Å². The zero-order valence-electron chi connectivity index (χ0n) is 12.9. The molecular formula is C16H18N4O3. The van der Waals surface area contributed by atoms with Gasteiger partial charge in [-0.25, -0.2) is 9.97 Å². The number of hydrogen-bond acceptors (Lipinski definition) is 6. The van der Waals surface area contributed by atoms with Crippen LogP contribution >= 0.6 is 0 Å². The third kappa shape index (κ3) is 3.57. The average molecular weight is 314 g/mol. The summed E-state index contributed by atoms with van der Waals surface area (Å²) in [5, 5.41) is 3.15. The van der Waals surface area contributed by atoms with E-state index in [-0.39, 0.29) is 5.91 Å². The summed E-state index contributed by atoms with van der Waals surface area (Å²) in [6.07, 6.45) is 1.38. The number of carbonyl (C=O) groups excluding carboxylic acids is 1. The van der Waals surface area contributed by atoms with Crippen LogP contribution in [-0.4, -0.2) is 54.2 Å². The van der Waals surface area contributed by atoms with Gasteiger partial charge in [-0.15, -0.1) is 0 Å². The van der Waals surface area contributed by atoms with Crippen LogP contribution in [0.1, 0.15) is 10.5 Å². The molecule has 0 unspecified atom stereocenters. The molecule has 1 aliphatic heterocycles. The zero-order chi connectivity index (χ0) is 16.1. The molecule has 0 radical (unpaired) electrons. The lowest BCUT2D eigenvalue weighted by molar-refractivity contribution is 0.0299. The van der Waals surface area contributed by atoms with Crippen molar-refractivity contribution in [2.24, 2.45) is 0 Å². The van der Waals surface area contributed by atoms with E-state index in [0.717, 1.165) is 5.69 Å². The number of nitrogens with zero attached hydrogens (tertiary/aromatic N) is 3. The van der Waals surface area contributed by atoms with Gasteiger partial charge in [-0.05, 0) is 12.1 Å².